The topological polar surface area (TPSA) is 123 Å². The van der Waals surface area contributed by atoms with Crippen LogP contribution in [-0.4, -0.2) is 42.8 Å². The quantitative estimate of drug-likeness (QED) is 0.711. The summed E-state index contributed by atoms with van der Waals surface area (Å²) in [6, 6.07) is 2.38. The maximum absolute atomic E-state index is 11.5. The van der Waals surface area contributed by atoms with Crippen molar-refractivity contribution in [3.8, 4) is 0 Å². The summed E-state index contributed by atoms with van der Waals surface area (Å²) in [7, 11) is -3.90. The van der Waals surface area contributed by atoms with Crippen molar-refractivity contribution in [2.75, 3.05) is 17.1 Å². The summed E-state index contributed by atoms with van der Waals surface area (Å²) in [5.74, 6) is -2.91. The Morgan fingerprint density at radius 2 is 2.11 bits per heavy atom. The van der Waals surface area contributed by atoms with Gasteiger partial charge in [-0.3, -0.25) is 9.52 Å². The van der Waals surface area contributed by atoms with E-state index in [9.17, 15) is 18.0 Å². The first-order valence-corrected chi connectivity index (χ1v) is 6.84. The highest BCUT2D eigenvalue weighted by Gasteiger charge is 2.17. The first-order chi connectivity index (χ1) is 8.84. The molecule has 19 heavy (non-hydrogen) atoms. The molecule has 0 saturated carbocycles. The van der Waals surface area contributed by atoms with Gasteiger partial charge in [0.25, 0.3) is 0 Å². The number of esters is 1. The molecule has 0 amide bonds. The Labute approximate surface area is 109 Å². The Morgan fingerprint density at radius 3 is 2.58 bits per heavy atom. The molecule has 9 heteroatoms. The fourth-order valence-corrected chi connectivity index (χ4v) is 2.10. The summed E-state index contributed by atoms with van der Waals surface area (Å²) in [6.45, 7) is 1.65. The maximum atomic E-state index is 11.5. The van der Waals surface area contributed by atoms with Crippen LogP contribution in [0.3, 0.4) is 0 Å². The van der Waals surface area contributed by atoms with Crippen LogP contribution in [0, 0.1) is 0 Å². The second-order valence-corrected chi connectivity index (χ2v) is 5.13. The second kappa shape index (κ2) is 6.14. The average Bonchev–Trinajstić information content (AvgIpc) is 2.28. The normalized spacial score (nSPS) is 10.8. The average molecular weight is 288 g/mol. The van der Waals surface area contributed by atoms with Crippen LogP contribution < -0.4 is 4.72 Å². The maximum Gasteiger partial charge on any atom is 0.354 e. The van der Waals surface area contributed by atoms with Gasteiger partial charge < -0.3 is 9.84 Å². The van der Waals surface area contributed by atoms with Crippen molar-refractivity contribution in [1.29, 1.82) is 0 Å². The molecule has 0 bridgehead atoms. The van der Waals surface area contributed by atoms with E-state index in [2.05, 4.69) is 14.4 Å². The SMILES string of the molecule is CCOC(=O)CS(=O)(=O)Nc1ccc(C(=O)O)nc1. The van der Waals surface area contributed by atoms with Crippen molar-refractivity contribution in [3.63, 3.8) is 0 Å². The van der Waals surface area contributed by atoms with Crippen LogP contribution in [0.25, 0.3) is 0 Å². The van der Waals surface area contributed by atoms with Crippen molar-refractivity contribution in [2.24, 2.45) is 0 Å². The number of ether oxygens (including phenoxy) is 1. The van der Waals surface area contributed by atoms with Gasteiger partial charge in [-0.05, 0) is 19.1 Å². The van der Waals surface area contributed by atoms with Gasteiger partial charge in [0.1, 0.15) is 5.69 Å². The van der Waals surface area contributed by atoms with Gasteiger partial charge in [-0.2, -0.15) is 0 Å². The number of hydrogen-bond acceptors (Lipinski definition) is 6. The third-order valence-corrected chi connectivity index (χ3v) is 3.03. The predicted molar refractivity (Wildman–Crippen MR) is 65.2 cm³/mol. The van der Waals surface area contributed by atoms with Crippen LogP contribution in [0.1, 0.15) is 17.4 Å². The first-order valence-electron chi connectivity index (χ1n) is 5.19. The molecule has 0 spiro atoms. The van der Waals surface area contributed by atoms with Crippen molar-refractivity contribution < 1.29 is 27.9 Å². The van der Waals surface area contributed by atoms with Gasteiger partial charge in [0.15, 0.2) is 5.75 Å². The highest BCUT2D eigenvalue weighted by atomic mass is 32.2. The summed E-state index contributed by atoms with van der Waals surface area (Å²) in [4.78, 5) is 25.1. The van der Waals surface area contributed by atoms with Crippen LogP contribution >= 0.6 is 0 Å². The lowest BCUT2D eigenvalue weighted by Crippen LogP contribution is -2.24. The number of hydrogen-bond donors (Lipinski definition) is 2. The van der Waals surface area contributed by atoms with Gasteiger partial charge in [-0.1, -0.05) is 0 Å². The molecule has 0 aliphatic rings. The number of aromatic nitrogens is 1. The molecule has 0 radical (unpaired) electrons. The van der Waals surface area contributed by atoms with E-state index >= 15 is 0 Å². The number of carbonyl (C=O) groups excluding carboxylic acids is 1. The Bertz CT molecular complexity index is 566. The molecule has 0 aliphatic heterocycles. The summed E-state index contributed by atoms with van der Waals surface area (Å²) in [5.41, 5.74) is -0.150. The number of pyridine rings is 1. The number of sulfonamides is 1. The first kappa shape index (κ1) is 14.9. The lowest BCUT2D eigenvalue weighted by atomic mass is 10.3. The van der Waals surface area contributed by atoms with Gasteiger partial charge in [-0.15, -0.1) is 0 Å². The lowest BCUT2D eigenvalue weighted by Gasteiger charge is -2.07. The number of aromatic carboxylic acids is 1. The van der Waals surface area contributed by atoms with Gasteiger partial charge in [-0.25, -0.2) is 18.2 Å². The molecular weight excluding hydrogens is 276 g/mol. The Hall–Kier alpha value is -2.16. The lowest BCUT2D eigenvalue weighted by molar-refractivity contribution is -0.139. The zero-order chi connectivity index (χ0) is 14.5. The monoisotopic (exact) mass is 288 g/mol. The fraction of sp³-hybridized carbons (Fsp3) is 0.300. The minimum Gasteiger partial charge on any atom is -0.477 e. The van der Waals surface area contributed by atoms with E-state index in [1.54, 1.807) is 6.92 Å². The number of carbonyl (C=O) groups is 2. The van der Waals surface area contributed by atoms with Crippen LogP contribution in [0.4, 0.5) is 5.69 Å². The van der Waals surface area contributed by atoms with E-state index in [0.29, 0.717) is 0 Å². The number of nitrogens with zero attached hydrogens (tertiary/aromatic N) is 1. The molecule has 1 aromatic rings. The molecule has 0 fully saturated rings. The zero-order valence-electron chi connectivity index (χ0n) is 9.99. The van der Waals surface area contributed by atoms with E-state index in [0.717, 1.165) is 12.3 Å². The standard InChI is InChI=1S/C10H12N2O6S/c1-2-18-9(13)6-19(16,17)12-7-3-4-8(10(14)15)11-5-7/h3-5,12H,2,6H2,1H3,(H,14,15). The fourth-order valence-electron chi connectivity index (χ4n) is 1.15. The molecule has 8 nitrogen and oxygen atoms in total. The van der Waals surface area contributed by atoms with Gasteiger partial charge in [0, 0.05) is 0 Å². The van der Waals surface area contributed by atoms with Gasteiger partial charge >= 0.3 is 11.9 Å². The number of nitrogens with one attached hydrogen (secondary N) is 1. The number of rotatable bonds is 6. The molecule has 2 N–H and O–H groups in total. The molecule has 0 aromatic carbocycles. The Morgan fingerprint density at radius 1 is 1.42 bits per heavy atom. The van der Waals surface area contributed by atoms with Crippen LogP contribution in [-0.2, 0) is 19.6 Å². The molecule has 0 aliphatic carbocycles. The van der Waals surface area contributed by atoms with Crippen molar-refractivity contribution in [2.45, 2.75) is 6.92 Å². The largest absolute Gasteiger partial charge is 0.477 e. The molecule has 104 valence electrons. The van der Waals surface area contributed by atoms with Crippen LogP contribution in [0.2, 0.25) is 0 Å². The third-order valence-electron chi connectivity index (χ3n) is 1.87. The summed E-state index contributed by atoms with van der Waals surface area (Å²) in [6.07, 6.45) is 1.05. The number of anilines is 1. The molecule has 1 heterocycles. The molecular formula is C10H12N2O6S. The van der Waals surface area contributed by atoms with Gasteiger partial charge in [0.05, 0.1) is 18.5 Å². The van der Waals surface area contributed by atoms with Gasteiger partial charge in [0.2, 0.25) is 10.0 Å². The molecule has 0 atom stereocenters. The summed E-state index contributed by atoms with van der Waals surface area (Å²) in [5, 5.41) is 8.62. The Balaban J connectivity index is 2.73. The van der Waals surface area contributed by atoms with Crippen LogP contribution in [0.5, 0.6) is 0 Å². The Kier molecular flexibility index (Phi) is 4.81. The van der Waals surface area contributed by atoms with E-state index in [-0.39, 0.29) is 18.0 Å². The van der Waals surface area contributed by atoms with Crippen molar-refractivity contribution >= 4 is 27.6 Å². The number of carboxylic acid groups (broad SMARTS) is 1. The summed E-state index contributed by atoms with van der Waals surface area (Å²) < 4.78 is 29.7. The van der Waals surface area contributed by atoms with E-state index < -0.39 is 27.7 Å². The minimum atomic E-state index is -3.90. The minimum absolute atomic E-state index is 0.0642. The second-order valence-electron chi connectivity index (χ2n) is 3.40. The van der Waals surface area contributed by atoms with E-state index in [1.807, 2.05) is 0 Å². The smallest absolute Gasteiger partial charge is 0.354 e. The molecule has 1 rings (SSSR count). The molecule has 0 saturated heterocycles. The van der Waals surface area contributed by atoms with E-state index in [4.69, 9.17) is 5.11 Å². The van der Waals surface area contributed by atoms with Crippen LogP contribution in [0.15, 0.2) is 18.3 Å². The molecule has 0 unspecified atom stereocenters. The predicted octanol–water partition coefficient (Wildman–Crippen LogP) is 0.0846. The zero-order valence-corrected chi connectivity index (χ0v) is 10.8. The molecule has 1 aromatic heterocycles. The van der Waals surface area contributed by atoms with E-state index in [1.165, 1.54) is 6.07 Å². The highest BCUT2D eigenvalue weighted by molar-refractivity contribution is 7.93. The highest BCUT2D eigenvalue weighted by Crippen LogP contribution is 2.09. The summed E-state index contributed by atoms with van der Waals surface area (Å²) >= 11 is 0. The van der Waals surface area contributed by atoms with Crippen molar-refractivity contribution in [1.82, 2.24) is 4.98 Å². The third kappa shape index (κ3) is 4.92. The van der Waals surface area contributed by atoms with Crippen molar-refractivity contribution in [3.05, 3.63) is 24.0 Å². The number of carboxylic acids is 1.